The molecule has 0 radical (unpaired) electrons. The van der Waals surface area contributed by atoms with Crippen LogP contribution in [0.1, 0.15) is 0 Å². The Bertz CT molecular complexity index is 577. The highest BCUT2D eigenvalue weighted by molar-refractivity contribution is 5.64. The summed E-state index contributed by atoms with van der Waals surface area (Å²) in [6.45, 7) is 0. The molecule has 0 aliphatic rings. The van der Waals surface area contributed by atoms with Gasteiger partial charge in [-0.3, -0.25) is 0 Å². The van der Waals surface area contributed by atoms with E-state index in [9.17, 15) is 22.0 Å². The molecule has 0 nitrogen and oxygen atoms in total. The van der Waals surface area contributed by atoms with Gasteiger partial charge in [-0.05, 0) is 24.3 Å². The van der Waals surface area contributed by atoms with Gasteiger partial charge >= 0.3 is 0 Å². The minimum Gasteiger partial charge on any atom is -0.207 e. The molecule has 0 unspecified atom stereocenters. The van der Waals surface area contributed by atoms with Crippen LogP contribution in [0, 0.1) is 29.1 Å². The van der Waals surface area contributed by atoms with Gasteiger partial charge in [-0.15, -0.1) is 0 Å². The van der Waals surface area contributed by atoms with E-state index in [1.807, 2.05) is 0 Å². The van der Waals surface area contributed by atoms with Crippen LogP contribution in [0.15, 0.2) is 30.3 Å². The molecule has 0 aliphatic carbocycles. The fourth-order valence-electron chi connectivity index (χ4n) is 1.44. The van der Waals surface area contributed by atoms with Crippen molar-refractivity contribution in [3.8, 4) is 11.1 Å². The van der Waals surface area contributed by atoms with E-state index < -0.39 is 34.6 Å². The fourth-order valence-corrected chi connectivity index (χ4v) is 1.44. The lowest BCUT2D eigenvalue weighted by Gasteiger charge is -2.06. The molecule has 0 saturated carbocycles. The first-order valence-corrected chi connectivity index (χ1v) is 4.59. The monoisotopic (exact) mass is 244 g/mol. The highest BCUT2D eigenvalue weighted by Gasteiger charge is 2.17. The second kappa shape index (κ2) is 4.16. The molecule has 2 rings (SSSR count). The summed E-state index contributed by atoms with van der Waals surface area (Å²) < 4.78 is 64.9. The minimum absolute atomic E-state index is 0.331. The maximum Gasteiger partial charge on any atom is 0.195 e. The molecule has 0 saturated heterocycles. The Labute approximate surface area is 93.3 Å². The standard InChI is InChI=1S/C12H5F5/c13-6-1-2-7(10(15)5-6)8-3-4-9(14)12(17)11(8)16/h1-5H. The highest BCUT2D eigenvalue weighted by Crippen LogP contribution is 2.28. The molecule has 0 amide bonds. The summed E-state index contributed by atoms with van der Waals surface area (Å²) in [6.07, 6.45) is 0. The topological polar surface area (TPSA) is 0 Å². The Morgan fingerprint density at radius 1 is 0.588 bits per heavy atom. The summed E-state index contributed by atoms with van der Waals surface area (Å²) in [6, 6.07) is 3.97. The van der Waals surface area contributed by atoms with E-state index in [1.165, 1.54) is 0 Å². The van der Waals surface area contributed by atoms with Crippen LogP contribution in [-0.2, 0) is 0 Å². The zero-order valence-electron chi connectivity index (χ0n) is 8.28. The number of rotatable bonds is 1. The van der Waals surface area contributed by atoms with Crippen LogP contribution in [0.3, 0.4) is 0 Å². The third-order valence-corrected chi connectivity index (χ3v) is 2.26. The first-order chi connectivity index (χ1) is 8.00. The van der Waals surface area contributed by atoms with Gasteiger partial charge in [0.1, 0.15) is 11.6 Å². The van der Waals surface area contributed by atoms with Crippen LogP contribution >= 0.6 is 0 Å². The van der Waals surface area contributed by atoms with E-state index in [1.54, 1.807) is 0 Å². The second-order valence-corrected chi connectivity index (χ2v) is 3.35. The van der Waals surface area contributed by atoms with Gasteiger partial charge in [0.15, 0.2) is 17.5 Å². The molecule has 0 aliphatic heterocycles. The molecule has 0 aromatic heterocycles. The van der Waals surface area contributed by atoms with E-state index in [-0.39, 0.29) is 5.56 Å². The largest absolute Gasteiger partial charge is 0.207 e. The van der Waals surface area contributed by atoms with Crippen molar-refractivity contribution in [3.05, 3.63) is 59.4 Å². The molecule has 5 heteroatoms. The van der Waals surface area contributed by atoms with Crippen LogP contribution in [0.2, 0.25) is 0 Å². The zero-order chi connectivity index (χ0) is 12.6. The van der Waals surface area contributed by atoms with E-state index in [4.69, 9.17) is 0 Å². The molecule has 0 spiro atoms. The molecule has 0 bridgehead atoms. The van der Waals surface area contributed by atoms with Crippen molar-refractivity contribution in [3.63, 3.8) is 0 Å². The molecule has 0 atom stereocenters. The summed E-state index contributed by atoms with van der Waals surface area (Å²) in [5.74, 6) is -6.44. The molecule has 2 aromatic carbocycles. The Morgan fingerprint density at radius 2 is 1.24 bits per heavy atom. The normalized spacial score (nSPS) is 10.6. The van der Waals surface area contributed by atoms with E-state index in [0.29, 0.717) is 12.1 Å². The van der Waals surface area contributed by atoms with E-state index in [2.05, 4.69) is 0 Å². The molecule has 0 N–H and O–H groups in total. The van der Waals surface area contributed by atoms with Crippen molar-refractivity contribution >= 4 is 0 Å². The minimum atomic E-state index is -1.69. The van der Waals surface area contributed by atoms with Crippen LogP contribution in [0.25, 0.3) is 11.1 Å². The van der Waals surface area contributed by atoms with E-state index >= 15 is 0 Å². The smallest absolute Gasteiger partial charge is 0.195 e. The Morgan fingerprint density at radius 3 is 1.88 bits per heavy atom. The van der Waals surface area contributed by atoms with Crippen molar-refractivity contribution in [1.29, 1.82) is 0 Å². The molecule has 88 valence electrons. The van der Waals surface area contributed by atoms with Crippen LogP contribution in [0.5, 0.6) is 0 Å². The van der Waals surface area contributed by atoms with Crippen molar-refractivity contribution in [2.24, 2.45) is 0 Å². The molecular formula is C12H5F5. The van der Waals surface area contributed by atoms with Gasteiger partial charge in [0.05, 0.1) is 0 Å². The zero-order valence-corrected chi connectivity index (χ0v) is 8.28. The summed E-state index contributed by atoms with van der Waals surface area (Å²) in [7, 11) is 0. The Hall–Kier alpha value is -1.91. The van der Waals surface area contributed by atoms with Gasteiger partial charge in [0.25, 0.3) is 0 Å². The van der Waals surface area contributed by atoms with Gasteiger partial charge in [-0.1, -0.05) is 0 Å². The molecule has 17 heavy (non-hydrogen) atoms. The lowest BCUT2D eigenvalue weighted by Crippen LogP contribution is -1.96. The van der Waals surface area contributed by atoms with E-state index in [0.717, 1.165) is 18.2 Å². The van der Waals surface area contributed by atoms with Crippen LogP contribution in [-0.4, -0.2) is 0 Å². The second-order valence-electron chi connectivity index (χ2n) is 3.35. The first kappa shape index (κ1) is 11.6. The van der Waals surface area contributed by atoms with Gasteiger partial charge in [-0.2, -0.15) is 0 Å². The summed E-state index contributed by atoms with van der Waals surface area (Å²) in [5, 5.41) is 0. The molecular weight excluding hydrogens is 239 g/mol. The van der Waals surface area contributed by atoms with Crippen molar-refractivity contribution in [1.82, 2.24) is 0 Å². The number of benzene rings is 2. The maximum atomic E-state index is 13.4. The average molecular weight is 244 g/mol. The third kappa shape index (κ3) is 2.00. The quantitative estimate of drug-likeness (QED) is 0.524. The van der Waals surface area contributed by atoms with Crippen LogP contribution < -0.4 is 0 Å². The van der Waals surface area contributed by atoms with Crippen molar-refractivity contribution in [2.45, 2.75) is 0 Å². The fraction of sp³-hybridized carbons (Fsp3) is 0. The number of halogens is 5. The van der Waals surface area contributed by atoms with Crippen molar-refractivity contribution in [2.75, 3.05) is 0 Å². The van der Waals surface area contributed by atoms with Gasteiger partial charge in [-0.25, -0.2) is 22.0 Å². The number of hydrogen-bond donors (Lipinski definition) is 0. The molecule has 0 fully saturated rings. The summed E-state index contributed by atoms with van der Waals surface area (Å²) in [5.41, 5.74) is -0.788. The predicted octanol–water partition coefficient (Wildman–Crippen LogP) is 4.05. The molecule has 2 aromatic rings. The lowest BCUT2D eigenvalue weighted by atomic mass is 10.0. The summed E-state index contributed by atoms with van der Waals surface area (Å²) >= 11 is 0. The van der Waals surface area contributed by atoms with Gasteiger partial charge < -0.3 is 0 Å². The van der Waals surface area contributed by atoms with Gasteiger partial charge in [0.2, 0.25) is 0 Å². The Balaban J connectivity index is 2.65. The highest BCUT2D eigenvalue weighted by atomic mass is 19.2. The maximum absolute atomic E-state index is 13.4. The average Bonchev–Trinajstić information content (AvgIpc) is 2.28. The SMILES string of the molecule is Fc1ccc(-c2ccc(F)c(F)c2F)c(F)c1. The van der Waals surface area contributed by atoms with Crippen molar-refractivity contribution < 1.29 is 22.0 Å². The Kier molecular flexibility index (Phi) is 2.83. The lowest BCUT2D eigenvalue weighted by molar-refractivity contribution is 0.448. The first-order valence-electron chi connectivity index (χ1n) is 4.59. The molecule has 0 heterocycles. The summed E-state index contributed by atoms with van der Waals surface area (Å²) in [4.78, 5) is 0. The predicted molar refractivity (Wildman–Crippen MR) is 51.7 cm³/mol. The van der Waals surface area contributed by atoms with Crippen LogP contribution in [0.4, 0.5) is 22.0 Å². The third-order valence-electron chi connectivity index (χ3n) is 2.26. The number of hydrogen-bond acceptors (Lipinski definition) is 0. The van der Waals surface area contributed by atoms with Gasteiger partial charge in [0, 0.05) is 17.2 Å².